The summed E-state index contributed by atoms with van der Waals surface area (Å²) < 4.78 is 5.66. The molecule has 4 heteroatoms. The van der Waals surface area contributed by atoms with Crippen molar-refractivity contribution in [3.05, 3.63) is 29.3 Å². The average Bonchev–Trinajstić information content (AvgIpc) is 2.37. The summed E-state index contributed by atoms with van der Waals surface area (Å²) in [5, 5.41) is 3.57. The van der Waals surface area contributed by atoms with Crippen molar-refractivity contribution >= 4 is 17.5 Å². The lowest BCUT2D eigenvalue weighted by Crippen LogP contribution is -2.42. The van der Waals surface area contributed by atoms with Crippen LogP contribution in [0.2, 0.25) is 5.02 Å². The summed E-state index contributed by atoms with van der Waals surface area (Å²) in [4.78, 5) is 12.0. The molecular weight excluding hydrogens is 250 g/mol. The van der Waals surface area contributed by atoms with Crippen molar-refractivity contribution in [1.29, 1.82) is 0 Å². The zero-order valence-corrected chi connectivity index (χ0v) is 11.8. The molecule has 0 saturated heterocycles. The number of carbonyl (C=O) groups excluding carboxylic acids is 1. The molecule has 1 amide bonds. The molecule has 0 spiro atoms. The van der Waals surface area contributed by atoms with Gasteiger partial charge < -0.3 is 10.1 Å². The third-order valence-electron chi connectivity index (χ3n) is 2.76. The van der Waals surface area contributed by atoms with E-state index in [1.807, 2.05) is 20.8 Å². The molecule has 1 rings (SSSR count). The second-order valence-electron chi connectivity index (χ2n) is 4.29. The van der Waals surface area contributed by atoms with Crippen LogP contribution in [0, 0.1) is 0 Å². The van der Waals surface area contributed by atoms with Gasteiger partial charge in [-0.05, 0) is 44.0 Å². The number of carbonyl (C=O) groups is 1. The SMILES string of the molecule is CC[C@H](C)NC(=O)[C@@H](CC)Oc1ccc(Cl)cc1. The quantitative estimate of drug-likeness (QED) is 0.859. The Bertz CT molecular complexity index is 378. The van der Waals surface area contributed by atoms with Gasteiger partial charge in [0.1, 0.15) is 5.75 Å². The lowest BCUT2D eigenvalue weighted by Gasteiger charge is -2.19. The van der Waals surface area contributed by atoms with E-state index in [9.17, 15) is 4.79 Å². The van der Waals surface area contributed by atoms with E-state index in [0.717, 1.165) is 6.42 Å². The van der Waals surface area contributed by atoms with Gasteiger partial charge in [0.25, 0.3) is 5.91 Å². The van der Waals surface area contributed by atoms with Crippen LogP contribution < -0.4 is 10.1 Å². The Morgan fingerprint density at radius 3 is 2.39 bits per heavy atom. The van der Waals surface area contributed by atoms with Gasteiger partial charge in [0.15, 0.2) is 6.10 Å². The molecule has 0 bridgehead atoms. The molecule has 1 N–H and O–H groups in total. The van der Waals surface area contributed by atoms with E-state index in [1.165, 1.54) is 0 Å². The summed E-state index contributed by atoms with van der Waals surface area (Å²) in [5.41, 5.74) is 0. The Kier molecular flexibility index (Phi) is 5.99. The molecule has 2 atom stereocenters. The maximum atomic E-state index is 12.0. The molecule has 0 aliphatic heterocycles. The van der Waals surface area contributed by atoms with Gasteiger partial charge in [-0.2, -0.15) is 0 Å². The van der Waals surface area contributed by atoms with Gasteiger partial charge in [0, 0.05) is 11.1 Å². The van der Waals surface area contributed by atoms with Crippen LogP contribution >= 0.6 is 11.6 Å². The second kappa shape index (κ2) is 7.27. The summed E-state index contributed by atoms with van der Waals surface area (Å²) in [6, 6.07) is 7.19. The summed E-state index contributed by atoms with van der Waals surface area (Å²) in [7, 11) is 0. The van der Waals surface area contributed by atoms with E-state index < -0.39 is 6.10 Å². The lowest BCUT2D eigenvalue weighted by atomic mass is 10.2. The monoisotopic (exact) mass is 269 g/mol. The first-order valence-electron chi connectivity index (χ1n) is 6.29. The number of hydrogen-bond acceptors (Lipinski definition) is 2. The Hall–Kier alpha value is -1.22. The van der Waals surface area contributed by atoms with Gasteiger partial charge in [-0.1, -0.05) is 25.4 Å². The third-order valence-corrected chi connectivity index (χ3v) is 3.01. The van der Waals surface area contributed by atoms with Gasteiger partial charge in [-0.25, -0.2) is 0 Å². The van der Waals surface area contributed by atoms with Gasteiger partial charge in [0.05, 0.1) is 0 Å². The van der Waals surface area contributed by atoms with E-state index in [1.54, 1.807) is 24.3 Å². The van der Waals surface area contributed by atoms with Crippen LogP contribution in [-0.4, -0.2) is 18.1 Å². The zero-order valence-electron chi connectivity index (χ0n) is 11.1. The fraction of sp³-hybridized carbons (Fsp3) is 0.500. The van der Waals surface area contributed by atoms with E-state index in [0.29, 0.717) is 17.2 Å². The normalized spacial score (nSPS) is 13.8. The minimum Gasteiger partial charge on any atom is -0.481 e. The van der Waals surface area contributed by atoms with Crippen LogP contribution in [0.1, 0.15) is 33.6 Å². The van der Waals surface area contributed by atoms with E-state index in [4.69, 9.17) is 16.3 Å². The van der Waals surface area contributed by atoms with Crippen molar-refractivity contribution in [3.8, 4) is 5.75 Å². The molecule has 18 heavy (non-hydrogen) atoms. The summed E-state index contributed by atoms with van der Waals surface area (Å²) >= 11 is 5.80. The fourth-order valence-electron chi connectivity index (χ4n) is 1.44. The highest BCUT2D eigenvalue weighted by Crippen LogP contribution is 2.17. The molecule has 0 unspecified atom stereocenters. The molecule has 0 aliphatic rings. The smallest absolute Gasteiger partial charge is 0.261 e. The summed E-state index contributed by atoms with van der Waals surface area (Å²) in [5.74, 6) is 0.590. The summed E-state index contributed by atoms with van der Waals surface area (Å²) in [6.07, 6.45) is 1.08. The van der Waals surface area contributed by atoms with E-state index in [2.05, 4.69) is 5.32 Å². The highest BCUT2D eigenvalue weighted by molar-refractivity contribution is 6.30. The molecule has 1 aromatic carbocycles. The first-order valence-corrected chi connectivity index (χ1v) is 6.67. The first kappa shape index (κ1) is 14.8. The largest absolute Gasteiger partial charge is 0.481 e. The average molecular weight is 270 g/mol. The van der Waals surface area contributed by atoms with Gasteiger partial charge >= 0.3 is 0 Å². The molecule has 0 radical (unpaired) electrons. The Morgan fingerprint density at radius 2 is 1.89 bits per heavy atom. The highest BCUT2D eigenvalue weighted by atomic mass is 35.5. The number of hydrogen-bond donors (Lipinski definition) is 1. The fourth-order valence-corrected chi connectivity index (χ4v) is 1.56. The standard InChI is InChI=1S/C14H20ClNO2/c1-4-10(3)16-14(17)13(5-2)18-12-8-6-11(15)7-9-12/h6-10,13H,4-5H2,1-3H3,(H,16,17)/t10-,13+/m0/s1. The topological polar surface area (TPSA) is 38.3 Å². The predicted octanol–water partition coefficient (Wildman–Crippen LogP) is 3.41. The third kappa shape index (κ3) is 4.57. The maximum Gasteiger partial charge on any atom is 0.261 e. The van der Waals surface area contributed by atoms with Crippen molar-refractivity contribution in [1.82, 2.24) is 5.32 Å². The number of rotatable bonds is 6. The molecular formula is C14H20ClNO2. The Morgan fingerprint density at radius 1 is 1.28 bits per heavy atom. The highest BCUT2D eigenvalue weighted by Gasteiger charge is 2.19. The minimum atomic E-state index is -0.458. The maximum absolute atomic E-state index is 12.0. The van der Waals surface area contributed by atoms with Crippen molar-refractivity contribution < 1.29 is 9.53 Å². The van der Waals surface area contributed by atoms with E-state index >= 15 is 0 Å². The van der Waals surface area contributed by atoms with Crippen molar-refractivity contribution in [2.75, 3.05) is 0 Å². The van der Waals surface area contributed by atoms with Gasteiger partial charge in [-0.15, -0.1) is 0 Å². The van der Waals surface area contributed by atoms with Crippen LogP contribution in [0.25, 0.3) is 0 Å². The van der Waals surface area contributed by atoms with Crippen molar-refractivity contribution in [2.24, 2.45) is 0 Å². The Balaban J connectivity index is 2.61. The summed E-state index contributed by atoms with van der Waals surface area (Å²) in [6.45, 7) is 5.94. The molecule has 0 saturated carbocycles. The number of nitrogens with one attached hydrogen (secondary N) is 1. The molecule has 100 valence electrons. The number of amides is 1. The van der Waals surface area contributed by atoms with Crippen LogP contribution in [0.15, 0.2) is 24.3 Å². The minimum absolute atomic E-state index is 0.0678. The molecule has 3 nitrogen and oxygen atoms in total. The lowest BCUT2D eigenvalue weighted by molar-refractivity contribution is -0.128. The molecule has 0 aliphatic carbocycles. The molecule has 0 fully saturated rings. The first-order chi connectivity index (χ1) is 8.56. The van der Waals surface area contributed by atoms with Gasteiger partial charge in [-0.3, -0.25) is 4.79 Å². The Labute approximate surface area is 113 Å². The van der Waals surface area contributed by atoms with Crippen molar-refractivity contribution in [3.63, 3.8) is 0 Å². The van der Waals surface area contributed by atoms with Crippen LogP contribution in [-0.2, 0) is 4.79 Å². The van der Waals surface area contributed by atoms with Crippen LogP contribution in [0.5, 0.6) is 5.75 Å². The van der Waals surface area contributed by atoms with Crippen LogP contribution in [0.3, 0.4) is 0 Å². The number of ether oxygens (including phenoxy) is 1. The van der Waals surface area contributed by atoms with E-state index in [-0.39, 0.29) is 11.9 Å². The van der Waals surface area contributed by atoms with Crippen LogP contribution in [0.4, 0.5) is 0 Å². The second-order valence-corrected chi connectivity index (χ2v) is 4.72. The molecule has 0 heterocycles. The molecule has 1 aromatic rings. The number of halogens is 1. The molecule has 0 aromatic heterocycles. The van der Waals surface area contributed by atoms with Gasteiger partial charge in [0.2, 0.25) is 0 Å². The zero-order chi connectivity index (χ0) is 13.5. The number of benzene rings is 1. The predicted molar refractivity (Wildman–Crippen MR) is 74.1 cm³/mol. The van der Waals surface area contributed by atoms with Crippen molar-refractivity contribution in [2.45, 2.75) is 45.8 Å².